The summed E-state index contributed by atoms with van der Waals surface area (Å²) in [6, 6.07) is 2.34. The first-order chi connectivity index (χ1) is 14.2. The zero-order valence-electron chi connectivity index (χ0n) is 16.4. The number of halogens is 2. The SMILES string of the molecule is CCOC(=O)COc1c(Br)cc(/C=C2/SC(=O)N([C@H](C)C(=O)OCC)C2=O)cc1Br. The smallest absolute Gasteiger partial charge is 0.344 e. The molecule has 1 aliphatic rings. The summed E-state index contributed by atoms with van der Waals surface area (Å²) >= 11 is 7.48. The predicted molar refractivity (Wildman–Crippen MR) is 118 cm³/mol. The number of ether oxygens (including phenoxy) is 3. The first-order valence-electron chi connectivity index (χ1n) is 8.90. The van der Waals surface area contributed by atoms with Gasteiger partial charge in [-0.2, -0.15) is 0 Å². The Labute approximate surface area is 194 Å². The minimum atomic E-state index is -1.01. The fraction of sp³-hybridized carbons (Fsp3) is 0.368. The Bertz CT molecular complexity index is 880. The Morgan fingerprint density at radius 3 is 2.30 bits per heavy atom. The fourth-order valence-electron chi connectivity index (χ4n) is 2.47. The van der Waals surface area contributed by atoms with Gasteiger partial charge in [0.2, 0.25) is 0 Å². The molecule has 1 aromatic carbocycles. The van der Waals surface area contributed by atoms with Crippen LogP contribution in [0.2, 0.25) is 0 Å². The monoisotopic (exact) mass is 563 g/mol. The van der Waals surface area contributed by atoms with Crippen LogP contribution in [-0.4, -0.2) is 53.8 Å². The largest absolute Gasteiger partial charge is 0.480 e. The average molecular weight is 565 g/mol. The van der Waals surface area contributed by atoms with Gasteiger partial charge in [-0.3, -0.25) is 14.5 Å². The maximum absolute atomic E-state index is 12.7. The average Bonchev–Trinajstić information content (AvgIpc) is 2.94. The van der Waals surface area contributed by atoms with Gasteiger partial charge in [-0.1, -0.05) is 0 Å². The second-order valence-electron chi connectivity index (χ2n) is 5.89. The Balaban J connectivity index is 2.20. The number of amides is 2. The Hall–Kier alpha value is -1.85. The molecule has 2 amide bonds. The van der Waals surface area contributed by atoms with Gasteiger partial charge in [0.15, 0.2) is 6.61 Å². The molecule has 0 radical (unpaired) electrons. The first-order valence-corrected chi connectivity index (χ1v) is 11.3. The van der Waals surface area contributed by atoms with Crippen LogP contribution >= 0.6 is 43.6 Å². The molecule has 162 valence electrons. The van der Waals surface area contributed by atoms with Gasteiger partial charge in [-0.05, 0) is 88.2 Å². The van der Waals surface area contributed by atoms with E-state index >= 15 is 0 Å². The highest BCUT2D eigenvalue weighted by molar-refractivity contribution is 9.11. The van der Waals surface area contributed by atoms with Gasteiger partial charge >= 0.3 is 11.9 Å². The molecule has 1 heterocycles. The third kappa shape index (κ3) is 5.86. The molecule has 0 bridgehead atoms. The lowest BCUT2D eigenvalue weighted by Gasteiger charge is -2.19. The van der Waals surface area contributed by atoms with Crippen molar-refractivity contribution in [3.63, 3.8) is 0 Å². The van der Waals surface area contributed by atoms with Gasteiger partial charge in [-0.25, -0.2) is 9.59 Å². The van der Waals surface area contributed by atoms with E-state index in [1.807, 2.05) is 0 Å². The zero-order chi connectivity index (χ0) is 22.4. The van der Waals surface area contributed by atoms with Crippen LogP contribution in [0.3, 0.4) is 0 Å². The third-order valence-electron chi connectivity index (χ3n) is 3.80. The lowest BCUT2D eigenvalue weighted by atomic mass is 10.2. The number of esters is 2. The van der Waals surface area contributed by atoms with E-state index in [-0.39, 0.29) is 24.7 Å². The summed E-state index contributed by atoms with van der Waals surface area (Å²) in [7, 11) is 0. The lowest BCUT2D eigenvalue weighted by Crippen LogP contribution is -2.42. The van der Waals surface area contributed by atoms with Crippen molar-refractivity contribution in [2.24, 2.45) is 0 Å². The molecule has 30 heavy (non-hydrogen) atoms. The standard InChI is InChI=1S/C19H19Br2NO7S/c1-4-27-15(23)9-29-16-12(20)6-11(7-13(16)21)8-14-17(24)22(19(26)30-14)10(3)18(25)28-5-2/h6-8,10H,4-5,9H2,1-3H3/b14-8+/t10-/m1/s1. The molecule has 0 saturated carbocycles. The number of thioether (sulfide) groups is 1. The Kier molecular flexibility index (Phi) is 8.92. The maximum Gasteiger partial charge on any atom is 0.344 e. The number of hydrogen-bond donors (Lipinski definition) is 0. The number of carbonyl (C=O) groups is 4. The molecule has 0 spiro atoms. The van der Waals surface area contributed by atoms with Crippen LogP contribution in [-0.2, 0) is 23.9 Å². The summed E-state index contributed by atoms with van der Waals surface area (Å²) in [5.74, 6) is -1.32. The van der Waals surface area contributed by atoms with Crippen LogP contribution in [0.25, 0.3) is 6.08 Å². The van der Waals surface area contributed by atoms with Crippen molar-refractivity contribution in [2.45, 2.75) is 26.8 Å². The molecule has 0 aromatic heterocycles. The highest BCUT2D eigenvalue weighted by Gasteiger charge is 2.41. The molecule has 2 rings (SSSR count). The van der Waals surface area contributed by atoms with Gasteiger partial charge in [0.05, 0.1) is 27.1 Å². The summed E-state index contributed by atoms with van der Waals surface area (Å²) in [4.78, 5) is 49.4. The van der Waals surface area contributed by atoms with E-state index in [4.69, 9.17) is 14.2 Å². The van der Waals surface area contributed by atoms with E-state index in [2.05, 4.69) is 31.9 Å². The van der Waals surface area contributed by atoms with E-state index in [1.165, 1.54) is 13.0 Å². The van der Waals surface area contributed by atoms with Crippen LogP contribution in [0.5, 0.6) is 5.75 Å². The van der Waals surface area contributed by atoms with Crippen LogP contribution < -0.4 is 4.74 Å². The number of hydrogen-bond acceptors (Lipinski definition) is 8. The van der Waals surface area contributed by atoms with Gasteiger partial charge in [-0.15, -0.1) is 0 Å². The second-order valence-corrected chi connectivity index (χ2v) is 8.59. The quantitative estimate of drug-likeness (QED) is 0.343. The highest BCUT2D eigenvalue weighted by Crippen LogP contribution is 2.38. The van der Waals surface area contributed by atoms with Crippen molar-refractivity contribution in [1.82, 2.24) is 4.90 Å². The van der Waals surface area contributed by atoms with Crippen molar-refractivity contribution in [3.8, 4) is 5.75 Å². The van der Waals surface area contributed by atoms with Crippen LogP contribution in [0.4, 0.5) is 4.79 Å². The molecule has 0 unspecified atom stereocenters. The van der Waals surface area contributed by atoms with Crippen LogP contribution in [0.15, 0.2) is 26.0 Å². The van der Waals surface area contributed by atoms with Crippen molar-refractivity contribution in [2.75, 3.05) is 19.8 Å². The van der Waals surface area contributed by atoms with Crippen LogP contribution in [0, 0.1) is 0 Å². The normalized spacial score (nSPS) is 16.0. The summed E-state index contributed by atoms with van der Waals surface area (Å²) in [5.41, 5.74) is 0.603. The van der Waals surface area contributed by atoms with E-state index in [0.29, 0.717) is 20.3 Å². The Morgan fingerprint density at radius 2 is 1.73 bits per heavy atom. The number of rotatable bonds is 8. The minimum Gasteiger partial charge on any atom is -0.480 e. The van der Waals surface area contributed by atoms with Crippen molar-refractivity contribution in [1.29, 1.82) is 0 Å². The number of imide groups is 1. The highest BCUT2D eigenvalue weighted by atomic mass is 79.9. The van der Waals surface area contributed by atoms with Gasteiger partial charge in [0.25, 0.3) is 11.1 Å². The molecule has 1 aromatic rings. The lowest BCUT2D eigenvalue weighted by molar-refractivity contribution is -0.150. The van der Waals surface area contributed by atoms with Crippen molar-refractivity contribution < 1.29 is 33.4 Å². The molecular formula is C19H19Br2NO7S. The molecular weight excluding hydrogens is 546 g/mol. The zero-order valence-corrected chi connectivity index (χ0v) is 20.4. The third-order valence-corrected chi connectivity index (χ3v) is 5.86. The van der Waals surface area contributed by atoms with Gasteiger partial charge in [0, 0.05) is 0 Å². The topological polar surface area (TPSA) is 99.2 Å². The predicted octanol–water partition coefficient (Wildman–Crippen LogP) is 4.14. The van der Waals surface area contributed by atoms with Gasteiger partial charge in [0.1, 0.15) is 11.8 Å². The summed E-state index contributed by atoms with van der Waals surface area (Å²) in [6.07, 6.45) is 1.54. The maximum atomic E-state index is 12.7. The van der Waals surface area contributed by atoms with E-state index in [9.17, 15) is 19.2 Å². The van der Waals surface area contributed by atoms with E-state index < -0.39 is 29.1 Å². The van der Waals surface area contributed by atoms with Gasteiger partial charge < -0.3 is 14.2 Å². The second kappa shape index (κ2) is 11.0. The molecule has 0 N–H and O–H groups in total. The summed E-state index contributed by atoms with van der Waals surface area (Å²) < 4.78 is 16.3. The van der Waals surface area contributed by atoms with E-state index in [0.717, 1.165) is 16.7 Å². The Morgan fingerprint density at radius 1 is 1.13 bits per heavy atom. The van der Waals surface area contributed by atoms with Crippen LogP contribution in [0.1, 0.15) is 26.3 Å². The molecule has 8 nitrogen and oxygen atoms in total. The van der Waals surface area contributed by atoms with E-state index in [1.54, 1.807) is 26.0 Å². The molecule has 1 fully saturated rings. The molecule has 11 heteroatoms. The molecule has 1 aliphatic heterocycles. The first kappa shape index (κ1) is 24.4. The molecule has 0 aliphatic carbocycles. The van der Waals surface area contributed by atoms with Crippen molar-refractivity contribution >= 4 is 72.8 Å². The fourth-order valence-corrected chi connectivity index (χ4v) is 4.83. The summed E-state index contributed by atoms with van der Waals surface area (Å²) in [6.45, 7) is 4.95. The molecule has 1 saturated heterocycles. The summed E-state index contributed by atoms with van der Waals surface area (Å²) in [5, 5.41) is -0.542. The number of nitrogens with zero attached hydrogens (tertiary/aromatic N) is 1. The number of carbonyl (C=O) groups excluding carboxylic acids is 4. The van der Waals surface area contributed by atoms with Crippen molar-refractivity contribution in [3.05, 3.63) is 31.5 Å². The minimum absolute atomic E-state index is 0.155. The molecule has 1 atom stereocenters. The number of benzene rings is 1.